The maximum Gasteiger partial charge on any atom is 0.414 e. The Kier molecular flexibility index (Phi) is 8.86. The van der Waals surface area contributed by atoms with Gasteiger partial charge in [-0.1, -0.05) is 54.1 Å². The Morgan fingerprint density at radius 3 is 2.40 bits per heavy atom. The average molecular weight is 432 g/mol. The second kappa shape index (κ2) is 11.6. The van der Waals surface area contributed by atoms with Gasteiger partial charge in [-0.25, -0.2) is 14.6 Å². The van der Waals surface area contributed by atoms with Gasteiger partial charge in [0.1, 0.15) is 0 Å². The summed E-state index contributed by atoms with van der Waals surface area (Å²) in [7, 11) is 1.71. The molecule has 0 radical (unpaired) electrons. The Labute approximate surface area is 178 Å². The molecule has 0 spiro atoms. The summed E-state index contributed by atoms with van der Waals surface area (Å²) < 4.78 is 7.39. The van der Waals surface area contributed by atoms with Gasteiger partial charge in [0.15, 0.2) is 0 Å². The molecule has 0 aliphatic rings. The molecule has 3 N–H and O–H groups in total. The summed E-state index contributed by atoms with van der Waals surface area (Å²) in [5, 5.41) is 18.9. The number of imidazole rings is 1. The lowest BCUT2D eigenvalue weighted by molar-refractivity contribution is -0.159. The molecule has 0 amide bonds. The van der Waals surface area contributed by atoms with E-state index >= 15 is 0 Å². The fraction of sp³-hybridized carbons (Fsp3) is 0.190. The van der Waals surface area contributed by atoms with Crippen LogP contribution in [0.4, 0.5) is 5.95 Å². The van der Waals surface area contributed by atoms with Gasteiger partial charge in [0.25, 0.3) is 0 Å². The number of anilines is 1. The number of hydrogen-bond donors (Lipinski definition) is 3. The van der Waals surface area contributed by atoms with Crippen LogP contribution in [0.25, 0.3) is 11.3 Å². The van der Waals surface area contributed by atoms with E-state index in [4.69, 9.17) is 36.1 Å². The molecule has 0 aliphatic carbocycles. The number of carboxylic acids is 2. The topological polar surface area (TPSA) is 114 Å². The molecule has 30 heavy (non-hydrogen) atoms. The Morgan fingerprint density at radius 1 is 1.10 bits per heavy atom. The highest BCUT2D eigenvalue weighted by Crippen LogP contribution is 2.23. The molecule has 0 saturated heterocycles. The van der Waals surface area contributed by atoms with E-state index in [-0.39, 0.29) is 0 Å². The summed E-state index contributed by atoms with van der Waals surface area (Å²) in [6, 6.07) is 18.1. The van der Waals surface area contributed by atoms with E-state index in [2.05, 4.69) is 27.0 Å². The first-order chi connectivity index (χ1) is 14.4. The monoisotopic (exact) mass is 431 g/mol. The molecule has 158 valence electrons. The van der Waals surface area contributed by atoms with Crippen LogP contribution in [0.3, 0.4) is 0 Å². The first kappa shape index (κ1) is 22.9. The number of halogens is 1. The molecule has 0 fully saturated rings. The van der Waals surface area contributed by atoms with E-state index in [9.17, 15) is 0 Å². The number of hydrogen-bond acceptors (Lipinski definition) is 5. The van der Waals surface area contributed by atoms with Crippen molar-refractivity contribution >= 4 is 29.5 Å². The summed E-state index contributed by atoms with van der Waals surface area (Å²) in [6.07, 6.45) is 1.89. The summed E-state index contributed by atoms with van der Waals surface area (Å²) in [5.74, 6) is -2.82. The number of ether oxygens (including phenoxy) is 1. The minimum atomic E-state index is -1.82. The van der Waals surface area contributed by atoms with E-state index in [0.29, 0.717) is 13.2 Å². The number of aromatic nitrogens is 2. The molecule has 8 nitrogen and oxygen atoms in total. The first-order valence-corrected chi connectivity index (χ1v) is 9.34. The van der Waals surface area contributed by atoms with Gasteiger partial charge in [-0.05, 0) is 23.3 Å². The van der Waals surface area contributed by atoms with Crippen LogP contribution in [0, 0.1) is 0 Å². The van der Waals surface area contributed by atoms with Crippen LogP contribution in [0.1, 0.15) is 5.56 Å². The molecule has 0 saturated carbocycles. The van der Waals surface area contributed by atoms with Crippen molar-refractivity contribution < 1.29 is 24.5 Å². The second-order valence-corrected chi connectivity index (χ2v) is 6.51. The molecule has 0 unspecified atom stereocenters. The van der Waals surface area contributed by atoms with Gasteiger partial charge in [0.2, 0.25) is 5.95 Å². The predicted molar refractivity (Wildman–Crippen MR) is 114 cm³/mol. The zero-order valence-electron chi connectivity index (χ0n) is 16.3. The van der Waals surface area contributed by atoms with Crippen LogP contribution in [0.2, 0.25) is 5.02 Å². The zero-order chi connectivity index (χ0) is 21.9. The van der Waals surface area contributed by atoms with E-state index in [1.807, 2.05) is 48.7 Å². The van der Waals surface area contributed by atoms with Gasteiger partial charge in [0.05, 0.1) is 18.5 Å². The summed E-state index contributed by atoms with van der Waals surface area (Å²) in [6.45, 7) is 2.03. The predicted octanol–water partition coefficient (Wildman–Crippen LogP) is 3.62. The fourth-order valence-corrected chi connectivity index (χ4v) is 2.81. The Morgan fingerprint density at radius 2 is 1.80 bits per heavy atom. The molecule has 9 heteroatoms. The van der Waals surface area contributed by atoms with E-state index in [1.54, 1.807) is 7.11 Å². The second-order valence-electron chi connectivity index (χ2n) is 6.07. The van der Waals surface area contributed by atoms with Crippen LogP contribution in [-0.4, -0.2) is 45.4 Å². The number of carboxylic acid groups (broad SMARTS) is 2. The number of nitrogens with one attached hydrogen (secondary N) is 1. The largest absolute Gasteiger partial charge is 0.473 e. The molecular formula is C21H22ClN3O5. The van der Waals surface area contributed by atoms with Crippen molar-refractivity contribution in [3.05, 3.63) is 71.4 Å². The Hall–Kier alpha value is -3.36. The SMILES string of the molecule is COCCn1c(-c2ccccc2)cnc1NCc1cccc(Cl)c1.O=C(O)C(=O)O. The van der Waals surface area contributed by atoms with Gasteiger partial charge in [-0.3, -0.25) is 0 Å². The van der Waals surface area contributed by atoms with Crippen LogP contribution >= 0.6 is 11.6 Å². The zero-order valence-corrected chi connectivity index (χ0v) is 17.0. The maximum atomic E-state index is 9.10. The van der Waals surface area contributed by atoms with Gasteiger partial charge in [-0.2, -0.15) is 0 Å². The molecular weight excluding hydrogens is 410 g/mol. The third kappa shape index (κ3) is 6.91. The van der Waals surface area contributed by atoms with Crippen molar-refractivity contribution in [3.8, 4) is 11.3 Å². The smallest absolute Gasteiger partial charge is 0.414 e. The van der Waals surface area contributed by atoms with E-state index < -0.39 is 11.9 Å². The Balaban J connectivity index is 0.000000469. The van der Waals surface area contributed by atoms with Gasteiger partial charge >= 0.3 is 11.9 Å². The van der Waals surface area contributed by atoms with Gasteiger partial charge in [0, 0.05) is 25.2 Å². The molecule has 1 heterocycles. The van der Waals surface area contributed by atoms with Crippen LogP contribution in [-0.2, 0) is 27.4 Å². The van der Waals surface area contributed by atoms with Crippen molar-refractivity contribution in [1.29, 1.82) is 0 Å². The number of benzene rings is 2. The van der Waals surface area contributed by atoms with Crippen molar-refractivity contribution in [1.82, 2.24) is 9.55 Å². The molecule has 3 aromatic rings. The lowest BCUT2D eigenvalue weighted by Crippen LogP contribution is -2.11. The highest BCUT2D eigenvalue weighted by Gasteiger charge is 2.11. The highest BCUT2D eigenvalue weighted by molar-refractivity contribution is 6.30. The van der Waals surface area contributed by atoms with E-state index in [0.717, 1.165) is 34.3 Å². The Bertz CT molecular complexity index is 964. The lowest BCUT2D eigenvalue weighted by atomic mass is 10.2. The minimum Gasteiger partial charge on any atom is -0.473 e. The first-order valence-electron chi connectivity index (χ1n) is 8.96. The standard InChI is InChI=1S/C19H20ClN3O.C2H2O4/c1-24-11-10-23-18(16-7-3-2-4-8-16)14-22-19(23)21-13-15-6-5-9-17(20)12-15;3-1(4)2(5)6/h2-9,12,14H,10-11,13H2,1H3,(H,21,22);(H,3,4)(H,5,6). The average Bonchev–Trinajstić information content (AvgIpc) is 3.14. The molecule has 0 atom stereocenters. The summed E-state index contributed by atoms with van der Waals surface area (Å²) >= 11 is 6.05. The van der Waals surface area contributed by atoms with E-state index in [1.165, 1.54) is 0 Å². The summed E-state index contributed by atoms with van der Waals surface area (Å²) in [5.41, 5.74) is 3.32. The minimum absolute atomic E-state index is 0.627. The molecule has 3 rings (SSSR count). The lowest BCUT2D eigenvalue weighted by Gasteiger charge is -2.13. The van der Waals surface area contributed by atoms with Crippen molar-refractivity contribution in [2.45, 2.75) is 13.1 Å². The fourth-order valence-electron chi connectivity index (χ4n) is 2.59. The normalized spacial score (nSPS) is 10.1. The van der Waals surface area contributed by atoms with Crippen molar-refractivity contribution in [2.24, 2.45) is 0 Å². The maximum absolute atomic E-state index is 9.10. The molecule has 0 aliphatic heterocycles. The van der Waals surface area contributed by atoms with Gasteiger partial charge in [-0.15, -0.1) is 0 Å². The third-order valence-corrected chi connectivity index (χ3v) is 4.20. The number of methoxy groups -OCH3 is 1. The third-order valence-electron chi connectivity index (χ3n) is 3.97. The molecule has 0 bridgehead atoms. The molecule has 1 aromatic heterocycles. The summed E-state index contributed by atoms with van der Waals surface area (Å²) in [4.78, 5) is 22.7. The number of rotatable bonds is 7. The van der Waals surface area contributed by atoms with Gasteiger partial charge < -0.3 is 24.8 Å². The molecule has 2 aromatic carbocycles. The quantitative estimate of drug-likeness (QED) is 0.489. The highest BCUT2D eigenvalue weighted by atomic mass is 35.5. The number of carbonyl (C=O) groups is 2. The number of aliphatic carboxylic acids is 2. The van der Waals surface area contributed by atoms with Crippen molar-refractivity contribution in [2.75, 3.05) is 19.0 Å². The van der Waals surface area contributed by atoms with Crippen molar-refractivity contribution in [3.63, 3.8) is 0 Å². The number of nitrogens with zero attached hydrogens (tertiary/aromatic N) is 2. The van der Waals surface area contributed by atoms with Crippen LogP contribution < -0.4 is 5.32 Å². The van der Waals surface area contributed by atoms with Crippen LogP contribution in [0.5, 0.6) is 0 Å². The van der Waals surface area contributed by atoms with Crippen LogP contribution in [0.15, 0.2) is 60.8 Å².